The molecule has 3 aromatic carbocycles. The van der Waals surface area contributed by atoms with Crippen LogP contribution < -0.4 is 5.43 Å². The summed E-state index contributed by atoms with van der Waals surface area (Å²) in [6.07, 6.45) is 0. The van der Waals surface area contributed by atoms with E-state index in [2.05, 4.69) is 0 Å². The summed E-state index contributed by atoms with van der Waals surface area (Å²) in [5, 5.41) is 13.0. The Morgan fingerprint density at radius 2 is 1.18 bits per heavy atom. The molecule has 17 heavy (non-hydrogen) atoms. The summed E-state index contributed by atoms with van der Waals surface area (Å²) < 4.78 is 0. The van der Waals surface area contributed by atoms with Crippen molar-refractivity contribution in [2.24, 2.45) is 0 Å². The summed E-state index contributed by atoms with van der Waals surface area (Å²) in [7, 11) is 0. The summed E-state index contributed by atoms with van der Waals surface area (Å²) in [5.41, 5.74) is -0.158. The lowest BCUT2D eigenvalue weighted by Gasteiger charge is -1.97. The zero-order chi connectivity index (χ0) is 11.8. The van der Waals surface area contributed by atoms with Gasteiger partial charge in [-0.3, -0.25) is 4.79 Å². The molecule has 0 heterocycles. The van der Waals surface area contributed by atoms with Gasteiger partial charge < -0.3 is 5.11 Å². The van der Waals surface area contributed by atoms with Crippen LogP contribution in [-0.2, 0) is 0 Å². The van der Waals surface area contributed by atoms with Crippen molar-refractivity contribution >= 4 is 21.5 Å². The molecule has 0 bridgehead atoms. The Bertz CT molecular complexity index is 776. The number of hydrogen-bond donors (Lipinski definition) is 1. The van der Waals surface area contributed by atoms with Crippen LogP contribution in [0.3, 0.4) is 0 Å². The molecule has 0 amide bonds. The molecular formula is C15H10O2. The molecule has 0 spiro atoms. The Morgan fingerprint density at radius 3 is 1.82 bits per heavy atom. The van der Waals surface area contributed by atoms with Crippen LogP contribution in [0.25, 0.3) is 21.5 Å². The molecule has 0 radical (unpaired) electrons. The highest BCUT2D eigenvalue weighted by molar-refractivity contribution is 6.07. The molecule has 0 fully saturated rings. The molecule has 0 aliphatic heterocycles. The van der Waals surface area contributed by atoms with Crippen LogP contribution in [0, 0.1) is 0 Å². The maximum atomic E-state index is 11.9. The molecule has 0 aliphatic carbocycles. The van der Waals surface area contributed by atoms with Gasteiger partial charge in [0.2, 0.25) is 0 Å². The van der Waals surface area contributed by atoms with E-state index >= 15 is 0 Å². The highest BCUT2D eigenvalue weighted by Crippen LogP contribution is 2.27. The van der Waals surface area contributed by atoms with Gasteiger partial charge in [0.25, 0.3) is 0 Å². The number of aromatic hydroxyl groups is 1. The van der Waals surface area contributed by atoms with Crippen molar-refractivity contribution in [1.82, 2.24) is 0 Å². The molecule has 1 N–H and O–H groups in total. The standard InChI is InChI=1S/C15H10O2/c16-14-9-15(17)13-8-4-2-6-11(13)10-5-1-3-7-12(10)14/h1-9,16H. The van der Waals surface area contributed by atoms with Gasteiger partial charge in [0.05, 0.1) is 0 Å². The summed E-state index contributed by atoms with van der Waals surface area (Å²) in [6.45, 7) is 0. The second-order valence-corrected chi connectivity index (χ2v) is 3.98. The monoisotopic (exact) mass is 222 g/mol. The van der Waals surface area contributed by atoms with Gasteiger partial charge in [0.1, 0.15) is 5.75 Å². The van der Waals surface area contributed by atoms with Crippen LogP contribution in [0.2, 0.25) is 0 Å². The highest BCUT2D eigenvalue weighted by Gasteiger charge is 2.04. The molecule has 0 unspecified atom stereocenters. The first-order valence-electron chi connectivity index (χ1n) is 5.41. The summed E-state index contributed by atoms with van der Waals surface area (Å²) >= 11 is 0. The van der Waals surface area contributed by atoms with E-state index in [4.69, 9.17) is 0 Å². The smallest absolute Gasteiger partial charge is 0.190 e. The molecule has 0 aromatic heterocycles. The second-order valence-electron chi connectivity index (χ2n) is 3.98. The van der Waals surface area contributed by atoms with Gasteiger partial charge in [-0.1, -0.05) is 48.5 Å². The van der Waals surface area contributed by atoms with E-state index in [1.807, 2.05) is 42.5 Å². The van der Waals surface area contributed by atoms with Crippen LogP contribution in [0.5, 0.6) is 5.75 Å². The van der Waals surface area contributed by atoms with E-state index in [0.29, 0.717) is 10.8 Å². The minimum absolute atomic E-state index is 0.0294. The van der Waals surface area contributed by atoms with E-state index in [1.165, 1.54) is 6.07 Å². The zero-order valence-electron chi connectivity index (χ0n) is 9.05. The van der Waals surface area contributed by atoms with E-state index in [0.717, 1.165) is 10.8 Å². The van der Waals surface area contributed by atoms with Crippen LogP contribution in [0.1, 0.15) is 0 Å². The Labute approximate surface area is 97.8 Å². The second kappa shape index (κ2) is 3.59. The molecule has 82 valence electrons. The first-order valence-corrected chi connectivity index (χ1v) is 5.41. The van der Waals surface area contributed by atoms with E-state index in [9.17, 15) is 9.90 Å². The van der Waals surface area contributed by atoms with Gasteiger partial charge >= 0.3 is 0 Å². The van der Waals surface area contributed by atoms with E-state index in [1.54, 1.807) is 6.07 Å². The van der Waals surface area contributed by atoms with E-state index < -0.39 is 0 Å². The fourth-order valence-electron chi connectivity index (χ4n) is 2.15. The minimum atomic E-state index is -0.158. The number of hydrogen-bond acceptors (Lipinski definition) is 2. The zero-order valence-corrected chi connectivity index (χ0v) is 9.05. The maximum absolute atomic E-state index is 11.9. The largest absolute Gasteiger partial charge is 0.507 e. The average Bonchev–Trinajstić information content (AvgIpc) is 2.48. The molecule has 2 heteroatoms. The Morgan fingerprint density at radius 1 is 0.706 bits per heavy atom. The molecule has 0 aliphatic rings. The molecular weight excluding hydrogens is 212 g/mol. The summed E-state index contributed by atoms with van der Waals surface area (Å²) in [6, 6.07) is 16.2. The Kier molecular flexibility index (Phi) is 2.08. The van der Waals surface area contributed by atoms with Crippen molar-refractivity contribution in [3.8, 4) is 5.75 Å². The SMILES string of the molecule is O=c1cc(O)c2ccccc2c2ccccc12. The van der Waals surface area contributed by atoms with Gasteiger partial charge in [0, 0.05) is 16.8 Å². The van der Waals surface area contributed by atoms with Gasteiger partial charge in [-0.25, -0.2) is 0 Å². The predicted molar refractivity (Wildman–Crippen MR) is 69.4 cm³/mol. The molecule has 2 nitrogen and oxygen atoms in total. The number of benzene rings is 2. The average molecular weight is 222 g/mol. The predicted octanol–water partition coefficient (Wildman–Crippen LogP) is 3.06. The van der Waals surface area contributed by atoms with E-state index in [-0.39, 0.29) is 11.2 Å². The van der Waals surface area contributed by atoms with Gasteiger partial charge in [-0.05, 0) is 10.8 Å². The molecule has 3 aromatic rings. The van der Waals surface area contributed by atoms with Crippen LogP contribution in [0.15, 0.2) is 59.4 Å². The lowest BCUT2D eigenvalue weighted by Crippen LogP contribution is -1.93. The summed E-state index contributed by atoms with van der Waals surface area (Å²) in [5.74, 6) is 0.0294. The normalized spacial score (nSPS) is 10.8. The number of rotatable bonds is 0. The lowest BCUT2D eigenvalue weighted by atomic mass is 10.1. The van der Waals surface area contributed by atoms with Crippen molar-refractivity contribution in [3.05, 3.63) is 64.8 Å². The first kappa shape index (κ1) is 9.85. The Hall–Kier alpha value is -2.35. The van der Waals surface area contributed by atoms with Crippen molar-refractivity contribution in [2.75, 3.05) is 0 Å². The third kappa shape index (κ3) is 1.46. The van der Waals surface area contributed by atoms with Crippen molar-refractivity contribution < 1.29 is 5.11 Å². The minimum Gasteiger partial charge on any atom is -0.507 e. The van der Waals surface area contributed by atoms with Crippen LogP contribution in [0.4, 0.5) is 0 Å². The Balaban J connectivity index is 2.77. The van der Waals surface area contributed by atoms with Crippen LogP contribution in [-0.4, -0.2) is 5.11 Å². The van der Waals surface area contributed by atoms with Crippen molar-refractivity contribution in [3.63, 3.8) is 0 Å². The maximum Gasteiger partial charge on any atom is 0.190 e. The van der Waals surface area contributed by atoms with Crippen LogP contribution >= 0.6 is 0 Å². The fraction of sp³-hybridized carbons (Fsp3) is 0. The number of fused-ring (bicyclic) bond motifs is 3. The molecule has 0 saturated carbocycles. The molecule has 0 atom stereocenters. The fourth-order valence-corrected chi connectivity index (χ4v) is 2.15. The molecule has 3 rings (SSSR count). The highest BCUT2D eigenvalue weighted by atomic mass is 16.3. The topological polar surface area (TPSA) is 37.3 Å². The first-order chi connectivity index (χ1) is 8.27. The van der Waals surface area contributed by atoms with Gasteiger partial charge in [-0.2, -0.15) is 0 Å². The lowest BCUT2D eigenvalue weighted by molar-refractivity contribution is 0.481. The molecule has 0 saturated heterocycles. The van der Waals surface area contributed by atoms with Gasteiger partial charge in [-0.15, -0.1) is 0 Å². The third-order valence-electron chi connectivity index (χ3n) is 2.95. The van der Waals surface area contributed by atoms with Gasteiger partial charge in [0.15, 0.2) is 5.43 Å². The van der Waals surface area contributed by atoms with Crippen molar-refractivity contribution in [2.45, 2.75) is 0 Å². The third-order valence-corrected chi connectivity index (χ3v) is 2.95. The summed E-state index contributed by atoms with van der Waals surface area (Å²) in [4.78, 5) is 11.9. The quantitative estimate of drug-likeness (QED) is 0.634. The van der Waals surface area contributed by atoms with Crippen molar-refractivity contribution in [1.29, 1.82) is 0 Å².